The largest absolute Gasteiger partial charge is 0.476 e. The SMILES string of the molecule is C=C1[C@@H]2CN(c3nc(CC)c(F)c(OCC)n3)C[C@]2(c2ccc(Cl)s2)NC(=N)N1C. The van der Waals surface area contributed by atoms with Crippen LogP contribution in [0.1, 0.15) is 24.4 Å². The number of aryl methyl sites for hydroxylation is 1. The van der Waals surface area contributed by atoms with E-state index < -0.39 is 11.4 Å². The quantitative estimate of drug-likeness (QED) is 0.724. The minimum absolute atomic E-state index is 0.0286. The zero-order valence-electron chi connectivity index (χ0n) is 17.1. The fourth-order valence-electron chi connectivity index (χ4n) is 4.12. The Labute approximate surface area is 184 Å². The van der Waals surface area contributed by atoms with E-state index in [1.165, 1.54) is 11.3 Å². The van der Waals surface area contributed by atoms with E-state index in [1.807, 2.05) is 31.0 Å². The van der Waals surface area contributed by atoms with Crippen molar-refractivity contribution in [1.29, 1.82) is 5.41 Å². The van der Waals surface area contributed by atoms with Crippen LogP contribution in [0.3, 0.4) is 0 Å². The molecule has 7 nitrogen and oxygen atoms in total. The standard InChI is InChI=1S/C20H24ClFN6OS/c1-5-13-16(22)17(29-6-2)25-19(24-13)28-9-12-11(3)27(4)18(23)26-20(12,10-28)14-7-8-15(21)30-14/h7-8,12H,3,5-6,9-10H2,1-2,4H3,(H2,23,26)/t12-,20-/m0/s1. The third-order valence-electron chi connectivity index (χ3n) is 5.74. The van der Waals surface area contributed by atoms with Gasteiger partial charge in [-0.25, -0.2) is 4.98 Å². The summed E-state index contributed by atoms with van der Waals surface area (Å²) in [5.41, 5.74) is 0.561. The number of nitrogens with one attached hydrogen (secondary N) is 2. The van der Waals surface area contributed by atoms with Gasteiger partial charge in [0, 0.05) is 36.6 Å². The maximum atomic E-state index is 14.6. The minimum atomic E-state index is -0.589. The first-order valence-electron chi connectivity index (χ1n) is 9.80. The lowest BCUT2D eigenvalue weighted by atomic mass is 9.81. The van der Waals surface area contributed by atoms with Crippen LogP contribution in [0.2, 0.25) is 4.34 Å². The van der Waals surface area contributed by atoms with Gasteiger partial charge in [-0.2, -0.15) is 9.37 Å². The average Bonchev–Trinajstić information content (AvgIpc) is 3.33. The molecule has 2 aliphatic rings. The zero-order chi connectivity index (χ0) is 21.6. The maximum absolute atomic E-state index is 14.6. The molecule has 160 valence electrons. The molecule has 0 bridgehead atoms. The lowest BCUT2D eigenvalue weighted by Crippen LogP contribution is -2.60. The molecule has 2 fully saturated rings. The van der Waals surface area contributed by atoms with E-state index in [1.54, 1.807) is 11.8 Å². The van der Waals surface area contributed by atoms with Crippen molar-refractivity contribution in [3.05, 3.63) is 45.1 Å². The highest BCUT2D eigenvalue weighted by atomic mass is 35.5. The predicted octanol–water partition coefficient (Wildman–Crippen LogP) is 3.61. The predicted molar refractivity (Wildman–Crippen MR) is 117 cm³/mol. The molecule has 30 heavy (non-hydrogen) atoms. The van der Waals surface area contributed by atoms with Crippen molar-refractivity contribution in [2.45, 2.75) is 25.8 Å². The van der Waals surface area contributed by atoms with Gasteiger partial charge in [0.05, 0.1) is 16.6 Å². The molecule has 2 saturated heterocycles. The first-order chi connectivity index (χ1) is 14.3. The second-order valence-corrected chi connectivity index (χ2v) is 9.12. The Bertz CT molecular complexity index is 1010. The van der Waals surface area contributed by atoms with Gasteiger partial charge in [-0.15, -0.1) is 11.3 Å². The summed E-state index contributed by atoms with van der Waals surface area (Å²) >= 11 is 7.72. The third-order valence-corrected chi connectivity index (χ3v) is 7.15. The summed E-state index contributed by atoms with van der Waals surface area (Å²) in [5.74, 6) is 0.104. The number of thiophene rings is 1. The summed E-state index contributed by atoms with van der Waals surface area (Å²) in [7, 11) is 1.82. The number of fused-ring (bicyclic) bond motifs is 1. The highest BCUT2D eigenvalue weighted by Gasteiger charge is 2.55. The third kappa shape index (κ3) is 3.20. The van der Waals surface area contributed by atoms with Crippen LogP contribution in [0.15, 0.2) is 24.4 Å². The number of nitrogens with zero attached hydrogens (tertiary/aromatic N) is 4. The molecule has 0 amide bonds. The molecule has 2 atom stereocenters. The van der Waals surface area contributed by atoms with Crippen LogP contribution in [-0.2, 0) is 12.0 Å². The summed E-state index contributed by atoms with van der Waals surface area (Å²) in [6.07, 6.45) is 0.433. The van der Waals surface area contributed by atoms with Crippen molar-refractivity contribution in [2.75, 3.05) is 31.6 Å². The van der Waals surface area contributed by atoms with Gasteiger partial charge in [-0.1, -0.05) is 25.1 Å². The van der Waals surface area contributed by atoms with Gasteiger partial charge in [0.25, 0.3) is 5.88 Å². The van der Waals surface area contributed by atoms with Crippen LogP contribution in [0.4, 0.5) is 10.3 Å². The number of halogens is 2. The molecule has 4 heterocycles. The van der Waals surface area contributed by atoms with Crippen molar-refractivity contribution in [1.82, 2.24) is 20.2 Å². The van der Waals surface area contributed by atoms with Gasteiger partial charge >= 0.3 is 0 Å². The number of guanidine groups is 1. The topological polar surface area (TPSA) is 77.4 Å². The highest BCUT2D eigenvalue weighted by molar-refractivity contribution is 7.16. The summed E-state index contributed by atoms with van der Waals surface area (Å²) in [6, 6.07) is 3.84. The van der Waals surface area contributed by atoms with Crippen molar-refractivity contribution in [3.8, 4) is 5.88 Å². The van der Waals surface area contributed by atoms with Crippen LogP contribution in [0, 0.1) is 17.1 Å². The summed E-state index contributed by atoms with van der Waals surface area (Å²) in [5, 5.41) is 11.8. The lowest BCUT2D eigenvalue weighted by Gasteiger charge is -2.45. The Morgan fingerprint density at radius 2 is 2.20 bits per heavy atom. The summed E-state index contributed by atoms with van der Waals surface area (Å²) < 4.78 is 20.7. The molecule has 10 heteroatoms. The molecule has 2 aromatic heterocycles. The second-order valence-electron chi connectivity index (χ2n) is 7.41. The molecular formula is C20H24ClFN6OS. The maximum Gasteiger partial charge on any atom is 0.255 e. The smallest absolute Gasteiger partial charge is 0.255 e. The van der Waals surface area contributed by atoms with Gasteiger partial charge in [-0.3, -0.25) is 5.41 Å². The van der Waals surface area contributed by atoms with E-state index in [4.69, 9.17) is 21.7 Å². The highest BCUT2D eigenvalue weighted by Crippen LogP contribution is 2.47. The van der Waals surface area contributed by atoms with E-state index >= 15 is 0 Å². The fourth-order valence-corrected chi connectivity index (χ4v) is 5.36. The molecule has 0 aliphatic carbocycles. The van der Waals surface area contributed by atoms with Gasteiger partial charge in [-0.05, 0) is 25.5 Å². The Morgan fingerprint density at radius 1 is 1.43 bits per heavy atom. The van der Waals surface area contributed by atoms with E-state index in [2.05, 4.69) is 21.9 Å². The Kier molecular flexibility index (Phi) is 5.36. The molecule has 0 aromatic carbocycles. The van der Waals surface area contributed by atoms with Crippen LogP contribution in [-0.4, -0.2) is 47.6 Å². The first-order valence-corrected chi connectivity index (χ1v) is 11.0. The Balaban J connectivity index is 1.79. The van der Waals surface area contributed by atoms with Crippen LogP contribution < -0.4 is 15.0 Å². The van der Waals surface area contributed by atoms with Crippen molar-refractivity contribution < 1.29 is 9.13 Å². The van der Waals surface area contributed by atoms with Gasteiger partial charge in [0.15, 0.2) is 5.96 Å². The summed E-state index contributed by atoms with van der Waals surface area (Å²) in [6.45, 7) is 9.27. The molecular weight excluding hydrogens is 427 g/mol. The number of aromatic nitrogens is 2. The molecule has 2 N–H and O–H groups in total. The molecule has 2 aromatic rings. The Hall–Kier alpha value is -2.39. The average molecular weight is 451 g/mol. The number of rotatable bonds is 5. The molecule has 0 unspecified atom stereocenters. The van der Waals surface area contributed by atoms with Gasteiger partial charge in [0.2, 0.25) is 11.8 Å². The zero-order valence-corrected chi connectivity index (χ0v) is 18.7. The molecule has 0 saturated carbocycles. The Morgan fingerprint density at radius 3 is 2.83 bits per heavy atom. The van der Waals surface area contributed by atoms with Crippen molar-refractivity contribution in [2.24, 2.45) is 5.92 Å². The normalized spacial score (nSPS) is 23.6. The van der Waals surface area contributed by atoms with Gasteiger partial charge < -0.3 is 19.9 Å². The molecule has 4 rings (SSSR count). The lowest BCUT2D eigenvalue weighted by molar-refractivity contribution is 0.274. The first kappa shape index (κ1) is 20.9. The number of hydrogen-bond acceptors (Lipinski definition) is 6. The number of anilines is 1. The van der Waals surface area contributed by atoms with E-state index in [9.17, 15) is 4.39 Å². The molecule has 2 aliphatic heterocycles. The van der Waals surface area contributed by atoms with Crippen LogP contribution >= 0.6 is 22.9 Å². The van der Waals surface area contributed by atoms with Crippen molar-refractivity contribution >= 4 is 34.8 Å². The van der Waals surface area contributed by atoms with Crippen molar-refractivity contribution in [3.63, 3.8) is 0 Å². The molecule has 0 spiro atoms. The summed E-state index contributed by atoms with van der Waals surface area (Å²) in [4.78, 5) is 13.6. The number of ether oxygens (including phenoxy) is 1. The van der Waals surface area contributed by atoms with Gasteiger partial charge in [0.1, 0.15) is 5.54 Å². The van der Waals surface area contributed by atoms with E-state index in [0.717, 1.165) is 10.6 Å². The van der Waals surface area contributed by atoms with Crippen LogP contribution in [0.5, 0.6) is 5.88 Å². The monoisotopic (exact) mass is 450 g/mol. The second kappa shape index (κ2) is 7.70. The van der Waals surface area contributed by atoms with E-state index in [0.29, 0.717) is 42.1 Å². The fraction of sp³-hybridized carbons (Fsp3) is 0.450. The molecule has 0 radical (unpaired) electrons. The minimum Gasteiger partial charge on any atom is -0.476 e. The van der Waals surface area contributed by atoms with E-state index in [-0.39, 0.29) is 17.8 Å². The van der Waals surface area contributed by atoms with Crippen LogP contribution in [0.25, 0.3) is 0 Å². The number of hydrogen-bond donors (Lipinski definition) is 2.